The fraction of sp³-hybridized carbons (Fsp3) is 0. The van der Waals surface area contributed by atoms with Gasteiger partial charge in [-0.15, -0.1) is 0 Å². The normalized spacial score (nSPS) is 11.2. The first-order valence-corrected chi connectivity index (χ1v) is 5.88. The first-order valence-electron chi connectivity index (χ1n) is 3.28. The van der Waals surface area contributed by atoms with E-state index in [1.807, 2.05) is 30.3 Å². The van der Waals surface area contributed by atoms with Gasteiger partial charge in [0.15, 0.2) is 0 Å². The van der Waals surface area contributed by atoms with Crippen LogP contribution in [0.5, 0.6) is 0 Å². The maximum absolute atomic E-state index is 10.6. The first-order chi connectivity index (χ1) is 5.58. The second-order valence-electron chi connectivity index (χ2n) is 2.23. The second kappa shape index (κ2) is 5.88. The van der Waals surface area contributed by atoms with Crippen LogP contribution < -0.4 is 0 Å². The molecule has 0 aromatic heterocycles. The van der Waals surface area contributed by atoms with Gasteiger partial charge >= 0.3 is 29.6 Å². The van der Waals surface area contributed by atoms with Crippen LogP contribution in [-0.2, 0) is 8.87 Å². The molecule has 0 aliphatic carbocycles. The molecule has 0 fully saturated rings. The van der Waals surface area contributed by atoms with Gasteiger partial charge in [-0.2, -0.15) is 0 Å². The molecule has 0 atom stereocenters. The molecule has 1 rings (SSSR count). The van der Waals surface area contributed by atoms with Crippen LogP contribution in [0.3, 0.4) is 0 Å². The standard InChI is InChI=1S/C8H8O2S2.Na.H/c9-12(10,11)7-6-8-4-2-1-3-5-8;;/h1-7H,(H,9,10,11);;. The van der Waals surface area contributed by atoms with Crippen molar-refractivity contribution < 1.29 is 8.42 Å². The van der Waals surface area contributed by atoms with Gasteiger partial charge < -0.3 is 0 Å². The van der Waals surface area contributed by atoms with E-state index in [4.69, 9.17) is 0 Å². The SMILES string of the molecule is O=S(=O)(S)C=Cc1ccccc1.[NaH]. The Labute approximate surface area is 105 Å². The molecule has 0 spiro atoms. The summed E-state index contributed by atoms with van der Waals surface area (Å²) in [6, 6.07) is 9.17. The van der Waals surface area contributed by atoms with E-state index in [0.29, 0.717) is 0 Å². The summed E-state index contributed by atoms with van der Waals surface area (Å²) < 4.78 is 21.2. The summed E-state index contributed by atoms with van der Waals surface area (Å²) in [5.41, 5.74) is 0.843. The fourth-order valence-electron chi connectivity index (χ4n) is 0.729. The molecule has 1 aromatic carbocycles. The van der Waals surface area contributed by atoms with Crippen molar-refractivity contribution in [3.05, 3.63) is 41.3 Å². The summed E-state index contributed by atoms with van der Waals surface area (Å²) in [4.78, 5) is 0. The number of hydrogen-bond donors (Lipinski definition) is 1. The quantitative estimate of drug-likeness (QED) is 0.466. The van der Waals surface area contributed by atoms with E-state index < -0.39 is 8.87 Å². The van der Waals surface area contributed by atoms with Gasteiger partial charge in [0.25, 0.3) is 0 Å². The molecule has 66 valence electrons. The van der Waals surface area contributed by atoms with Crippen molar-refractivity contribution in [2.45, 2.75) is 0 Å². The average Bonchev–Trinajstić information content (AvgIpc) is 2.02. The second-order valence-corrected chi connectivity index (χ2v) is 5.06. The average molecular weight is 224 g/mol. The van der Waals surface area contributed by atoms with Crippen LogP contribution in [0, 0.1) is 0 Å². The monoisotopic (exact) mass is 224 g/mol. The third-order valence-electron chi connectivity index (χ3n) is 1.23. The Bertz CT molecular complexity index is 370. The van der Waals surface area contributed by atoms with Gasteiger partial charge in [-0.3, -0.25) is 0 Å². The molecule has 0 bridgehead atoms. The molecule has 0 saturated heterocycles. The first kappa shape index (κ1) is 13.3. The number of benzene rings is 1. The van der Waals surface area contributed by atoms with E-state index in [0.717, 1.165) is 11.0 Å². The summed E-state index contributed by atoms with van der Waals surface area (Å²) in [6.45, 7) is 0. The molecule has 0 aliphatic rings. The van der Waals surface area contributed by atoms with Crippen molar-refractivity contribution in [1.82, 2.24) is 0 Å². The molecule has 0 saturated carbocycles. The third kappa shape index (κ3) is 6.35. The Morgan fingerprint density at radius 3 is 2.15 bits per heavy atom. The summed E-state index contributed by atoms with van der Waals surface area (Å²) in [6.07, 6.45) is 1.50. The van der Waals surface area contributed by atoms with Crippen LogP contribution in [0.2, 0.25) is 0 Å². The molecule has 1 aromatic rings. The van der Waals surface area contributed by atoms with E-state index in [-0.39, 0.29) is 29.6 Å². The summed E-state index contributed by atoms with van der Waals surface area (Å²) in [5, 5.41) is 1.06. The number of thiol groups is 1. The van der Waals surface area contributed by atoms with Gasteiger partial charge in [0.1, 0.15) is 0 Å². The minimum absolute atomic E-state index is 0. The Kier molecular flexibility index (Phi) is 6.00. The van der Waals surface area contributed by atoms with Crippen LogP contribution in [-0.4, -0.2) is 38.0 Å². The van der Waals surface area contributed by atoms with Crippen LogP contribution in [0.25, 0.3) is 6.08 Å². The van der Waals surface area contributed by atoms with Gasteiger partial charge in [0, 0.05) is 5.41 Å². The van der Waals surface area contributed by atoms with Gasteiger partial charge in [-0.1, -0.05) is 30.3 Å². The molecule has 0 radical (unpaired) electrons. The molecule has 0 N–H and O–H groups in total. The van der Waals surface area contributed by atoms with Crippen molar-refractivity contribution >= 4 is 56.2 Å². The van der Waals surface area contributed by atoms with Crippen molar-refractivity contribution in [3.8, 4) is 0 Å². The van der Waals surface area contributed by atoms with Crippen LogP contribution in [0.1, 0.15) is 5.56 Å². The summed E-state index contributed by atoms with van der Waals surface area (Å²) in [7, 11) is -3.31. The molecular weight excluding hydrogens is 215 g/mol. The van der Waals surface area contributed by atoms with Crippen molar-refractivity contribution in [2.75, 3.05) is 0 Å². The molecule has 0 heterocycles. The minimum atomic E-state index is -3.31. The van der Waals surface area contributed by atoms with Gasteiger partial charge in [-0.25, -0.2) is 8.42 Å². The predicted octanol–water partition coefficient (Wildman–Crippen LogP) is 1.27. The fourth-order valence-corrected chi connectivity index (χ4v) is 1.24. The molecule has 5 heteroatoms. The van der Waals surface area contributed by atoms with E-state index in [1.165, 1.54) is 6.08 Å². The predicted molar refractivity (Wildman–Crippen MR) is 60.5 cm³/mol. The summed E-state index contributed by atoms with van der Waals surface area (Å²) in [5.74, 6) is 0. The number of hydrogen-bond acceptors (Lipinski definition) is 2. The van der Waals surface area contributed by atoms with E-state index in [2.05, 4.69) is 11.7 Å². The zero-order valence-electron chi connectivity index (χ0n) is 6.21. The van der Waals surface area contributed by atoms with E-state index in [1.54, 1.807) is 0 Å². The zero-order valence-corrected chi connectivity index (χ0v) is 7.92. The maximum atomic E-state index is 10.6. The molecule has 2 nitrogen and oxygen atoms in total. The van der Waals surface area contributed by atoms with E-state index in [9.17, 15) is 8.42 Å². The molecule has 0 aliphatic heterocycles. The van der Waals surface area contributed by atoms with Gasteiger partial charge in [0.05, 0.1) is 0 Å². The van der Waals surface area contributed by atoms with Crippen LogP contribution in [0.15, 0.2) is 35.7 Å². The molecular formula is C8H9NaO2S2. The summed E-state index contributed by atoms with van der Waals surface area (Å²) >= 11 is 3.37. The topological polar surface area (TPSA) is 34.1 Å². The Balaban J connectivity index is 0.00000144. The van der Waals surface area contributed by atoms with Gasteiger partial charge in [0.2, 0.25) is 8.87 Å². The Hall–Kier alpha value is 0.260. The zero-order chi connectivity index (χ0) is 9.03. The van der Waals surface area contributed by atoms with Crippen LogP contribution in [0.4, 0.5) is 0 Å². The van der Waals surface area contributed by atoms with Crippen molar-refractivity contribution in [3.63, 3.8) is 0 Å². The Morgan fingerprint density at radius 2 is 1.69 bits per heavy atom. The molecule has 0 amide bonds. The van der Waals surface area contributed by atoms with Crippen molar-refractivity contribution in [1.29, 1.82) is 0 Å². The Morgan fingerprint density at radius 1 is 1.15 bits per heavy atom. The van der Waals surface area contributed by atoms with Crippen LogP contribution >= 0.6 is 11.7 Å². The van der Waals surface area contributed by atoms with E-state index >= 15 is 0 Å². The third-order valence-corrected chi connectivity index (χ3v) is 2.08. The molecule has 0 unspecified atom stereocenters. The van der Waals surface area contributed by atoms with Gasteiger partial charge in [-0.05, 0) is 23.3 Å². The van der Waals surface area contributed by atoms with Crippen molar-refractivity contribution in [2.24, 2.45) is 0 Å². The number of rotatable bonds is 2. The molecule has 13 heavy (non-hydrogen) atoms.